The van der Waals surface area contributed by atoms with Crippen LogP contribution in [0.4, 0.5) is 4.39 Å². The van der Waals surface area contributed by atoms with Gasteiger partial charge in [0.15, 0.2) is 0 Å². The second-order valence-corrected chi connectivity index (χ2v) is 6.49. The van der Waals surface area contributed by atoms with Crippen LogP contribution in [0.2, 0.25) is 0 Å². The van der Waals surface area contributed by atoms with Crippen molar-refractivity contribution in [3.8, 4) is 0 Å². The first kappa shape index (κ1) is 13.9. The summed E-state index contributed by atoms with van der Waals surface area (Å²) >= 11 is 3.28. The Morgan fingerprint density at radius 1 is 1.39 bits per heavy atom. The Hall–Kier alpha value is -0.500. The fourth-order valence-corrected chi connectivity index (χ4v) is 4.14. The van der Waals surface area contributed by atoms with Crippen LogP contribution in [0.5, 0.6) is 0 Å². The van der Waals surface area contributed by atoms with Crippen molar-refractivity contribution in [1.29, 1.82) is 0 Å². The Labute approximate surface area is 114 Å². The third-order valence-corrected chi connectivity index (χ3v) is 5.49. The Morgan fingerprint density at radius 3 is 2.67 bits per heavy atom. The molecular weight excluding hydrogens is 325 g/mol. The molecule has 0 spiro atoms. The van der Waals surface area contributed by atoms with E-state index in [1.807, 2.05) is 0 Å². The highest BCUT2D eigenvalue weighted by atomic mass is 79.9. The van der Waals surface area contributed by atoms with Gasteiger partial charge in [0.2, 0.25) is 10.0 Å². The summed E-state index contributed by atoms with van der Waals surface area (Å²) < 4.78 is 44.3. The highest BCUT2D eigenvalue weighted by Gasteiger charge is 2.33. The van der Waals surface area contributed by atoms with Crippen LogP contribution in [-0.2, 0) is 14.8 Å². The molecule has 0 aromatic heterocycles. The number of nitrogens with zero attached hydrogens (tertiary/aromatic N) is 1. The molecule has 0 aliphatic carbocycles. The van der Waals surface area contributed by atoms with Gasteiger partial charge in [-0.1, -0.05) is 15.9 Å². The molecule has 1 aliphatic rings. The van der Waals surface area contributed by atoms with E-state index in [0.29, 0.717) is 25.1 Å². The van der Waals surface area contributed by atoms with E-state index in [0.717, 1.165) is 12.1 Å². The zero-order chi connectivity index (χ0) is 13.2. The molecule has 7 heteroatoms. The van der Waals surface area contributed by atoms with E-state index in [1.165, 1.54) is 16.4 Å². The third kappa shape index (κ3) is 2.74. The number of halogens is 2. The number of alkyl halides is 1. The van der Waals surface area contributed by atoms with Gasteiger partial charge in [-0.25, -0.2) is 12.8 Å². The summed E-state index contributed by atoms with van der Waals surface area (Å²) in [7, 11) is -3.58. The number of ether oxygens (including phenoxy) is 1. The van der Waals surface area contributed by atoms with Crippen LogP contribution in [0.15, 0.2) is 29.2 Å². The molecule has 1 aromatic carbocycles. The minimum Gasteiger partial charge on any atom is -0.378 e. The van der Waals surface area contributed by atoms with Crippen molar-refractivity contribution in [2.75, 3.05) is 25.1 Å². The van der Waals surface area contributed by atoms with Gasteiger partial charge in [0.25, 0.3) is 0 Å². The van der Waals surface area contributed by atoms with E-state index in [-0.39, 0.29) is 10.9 Å². The lowest BCUT2D eigenvalue weighted by molar-refractivity contribution is 0.0413. The lowest BCUT2D eigenvalue weighted by Gasteiger charge is -2.33. The summed E-state index contributed by atoms with van der Waals surface area (Å²) in [6.07, 6.45) is 0. The summed E-state index contributed by atoms with van der Waals surface area (Å²) in [4.78, 5) is 0.108. The maximum atomic E-state index is 12.8. The molecule has 1 heterocycles. The van der Waals surface area contributed by atoms with E-state index >= 15 is 0 Å². The molecule has 1 atom stereocenters. The largest absolute Gasteiger partial charge is 0.378 e. The zero-order valence-corrected chi connectivity index (χ0v) is 12.0. The van der Waals surface area contributed by atoms with Crippen LogP contribution in [0.3, 0.4) is 0 Å². The van der Waals surface area contributed by atoms with E-state index in [9.17, 15) is 12.8 Å². The fourth-order valence-electron chi connectivity index (χ4n) is 1.82. The number of hydrogen-bond donors (Lipinski definition) is 0. The molecule has 1 unspecified atom stereocenters. The molecule has 0 amide bonds. The summed E-state index contributed by atoms with van der Waals surface area (Å²) in [6.45, 7) is 1.06. The van der Waals surface area contributed by atoms with Gasteiger partial charge in [0, 0.05) is 11.9 Å². The summed E-state index contributed by atoms with van der Waals surface area (Å²) in [6, 6.07) is 4.64. The average Bonchev–Trinajstić information content (AvgIpc) is 2.39. The lowest BCUT2D eigenvalue weighted by atomic mass is 10.3. The van der Waals surface area contributed by atoms with Crippen molar-refractivity contribution < 1.29 is 17.5 Å². The Kier molecular flexibility index (Phi) is 4.37. The molecule has 100 valence electrons. The number of sulfonamides is 1. The van der Waals surface area contributed by atoms with Crippen LogP contribution in [0.25, 0.3) is 0 Å². The topological polar surface area (TPSA) is 46.6 Å². The average molecular weight is 338 g/mol. The predicted octanol–water partition coefficient (Wildman–Crippen LogP) is 1.61. The molecule has 1 aliphatic heterocycles. The predicted molar refractivity (Wildman–Crippen MR) is 68.7 cm³/mol. The number of morpholine rings is 1. The first-order valence-electron chi connectivity index (χ1n) is 5.47. The van der Waals surface area contributed by atoms with Crippen molar-refractivity contribution in [3.05, 3.63) is 30.1 Å². The smallest absolute Gasteiger partial charge is 0.243 e. The lowest BCUT2D eigenvalue weighted by Crippen LogP contribution is -2.49. The molecule has 1 saturated heterocycles. The second kappa shape index (κ2) is 5.64. The fraction of sp³-hybridized carbons (Fsp3) is 0.455. The molecule has 0 radical (unpaired) electrons. The SMILES string of the molecule is O=S(=O)(c1ccc(F)cc1)N1CCOCC1CBr. The van der Waals surface area contributed by atoms with Crippen molar-refractivity contribution in [2.24, 2.45) is 0 Å². The minimum atomic E-state index is -3.58. The van der Waals surface area contributed by atoms with Crippen LogP contribution in [-0.4, -0.2) is 43.9 Å². The first-order chi connectivity index (χ1) is 8.55. The van der Waals surface area contributed by atoms with Crippen molar-refractivity contribution in [3.63, 3.8) is 0 Å². The second-order valence-electron chi connectivity index (χ2n) is 3.95. The summed E-state index contributed by atoms with van der Waals surface area (Å²) in [5, 5.41) is 0.507. The normalized spacial score (nSPS) is 22.0. The maximum Gasteiger partial charge on any atom is 0.243 e. The highest BCUT2D eigenvalue weighted by Crippen LogP contribution is 2.21. The minimum absolute atomic E-state index is 0.108. The van der Waals surface area contributed by atoms with Gasteiger partial charge in [-0.2, -0.15) is 4.31 Å². The monoisotopic (exact) mass is 337 g/mol. The summed E-state index contributed by atoms with van der Waals surface area (Å²) in [5.41, 5.74) is 0. The molecule has 0 bridgehead atoms. The van der Waals surface area contributed by atoms with Gasteiger partial charge < -0.3 is 4.74 Å². The van der Waals surface area contributed by atoms with Crippen molar-refractivity contribution in [2.45, 2.75) is 10.9 Å². The maximum absolute atomic E-state index is 12.8. The quantitative estimate of drug-likeness (QED) is 0.787. The zero-order valence-electron chi connectivity index (χ0n) is 9.55. The van der Waals surface area contributed by atoms with Crippen LogP contribution >= 0.6 is 15.9 Å². The molecule has 4 nitrogen and oxygen atoms in total. The summed E-state index contributed by atoms with van der Waals surface area (Å²) in [5.74, 6) is -0.451. The van der Waals surface area contributed by atoms with Crippen LogP contribution in [0, 0.1) is 5.82 Å². The molecule has 18 heavy (non-hydrogen) atoms. The van der Waals surface area contributed by atoms with E-state index < -0.39 is 15.8 Å². The van der Waals surface area contributed by atoms with E-state index in [2.05, 4.69) is 15.9 Å². The van der Waals surface area contributed by atoms with Crippen LogP contribution < -0.4 is 0 Å². The van der Waals surface area contributed by atoms with Crippen molar-refractivity contribution >= 4 is 26.0 Å². The Bertz CT molecular complexity index is 506. The van der Waals surface area contributed by atoms with E-state index in [1.54, 1.807) is 0 Å². The molecule has 1 fully saturated rings. The molecule has 0 N–H and O–H groups in total. The number of rotatable bonds is 3. The van der Waals surface area contributed by atoms with Crippen LogP contribution in [0.1, 0.15) is 0 Å². The van der Waals surface area contributed by atoms with Gasteiger partial charge in [-0.15, -0.1) is 0 Å². The molecule has 2 rings (SSSR count). The molecular formula is C11H13BrFNO3S. The highest BCUT2D eigenvalue weighted by molar-refractivity contribution is 9.09. The van der Waals surface area contributed by atoms with Gasteiger partial charge >= 0.3 is 0 Å². The number of hydrogen-bond acceptors (Lipinski definition) is 3. The van der Waals surface area contributed by atoms with Gasteiger partial charge in [-0.3, -0.25) is 0 Å². The first-order valence-corrected chi connectivity index (χ1v) is 8.03. The molecule has 1 aromatic rings. The van der Waals surface area contributed by atoms with Gasteiger partial charge in [0.05, 0.1) is 24.2 Å². The Morgan fingerprint density at radius 2 is 2.06 bits per heavy atom. The van der Waals surface area contributed by atoms with E-state index in [4.69, 9.17) is 4.74 Å². The van der Waals surface area contributed by atoms with Gasteiger partial charge in [0.1, 0.15) is 5.82 Å². The number of benzene rings is 1. The Balaban J connectivity index is 2.32. The third-order valence-electron chi connectivity index (χ3n) is 2.77. The van der Waals surface area contributed by atoms with Gasteiger partial charge in [-0.05, 0) is 24.3 Å². The molecule has 0 saturated carbocycles. The standard InChI is InChI=1S/C11H13BrFNO3S/c12-7-10-8-17-6-5-14(10)18(15,16)11-3-1-9(13)2-4-11/h1-4,10H,5-8H2. The van der Waals surface area contributed by atoms with Crippen molar-refractivity contribution in [1.82, 2.24) is 4.31 Å².